The molecule has 0 heterocycles. The van der Waals surface area contributed by atoms with Gasteiger partial charge in [0.2, 0.25) is 5.91 Å². The fourth-order valence-corrected chi connectivity index (χ4v) is 2.83. The number of carbonyl (C=O) groups excluding carboxylic acids is 1. The zero-order chi connectivity index (χ0) is 15.7. The zero-order valence-corrected chi connectivity index (χ0v) is 14.3. The Labute approximate surface area is 125 Å². The van der Waals surface area contributed by atoms with Crippen LogP contribution < -0.4 is 11.1 Å². The number of carbonyl (C=O) groups is 1. The van der Waals surface area contributed by atoms with Gasteiger partial charge in [-0.15, -0.1) is 0 Å². The molecule has 0 spiro atoms. The Morgan fingerprint density at radius 2 is 1.75 bits per heavy atom. The first kappa shape index (κ1) is 19.4. The van der Waals surface area contributed by atoms with Crippen molar-refractivity contribution in [2.45, 2.75) is 53.0 Å². The standard InChI is InChI=1S/C16H35N3O/c1-7-13(8-2)15(19(5)6)11-18-16(20)14(10-17)9-12(3)4/h12-15H,7-11,17H2,1-6H3,(H,18,20). The van der Waals surface area contributed by atoms with Crippen LogP contribution in [0.15, 0.2) is 0 Å². The van der Waals surface area contributed by atoms with Gasteiger partial charge in [0, 0.05) is 19.1 Å². The SMILES string of the molecule is CCC(CC)C(CNC(=O)C(CN)CC(C)C)N(C)C. The van der Waals surface area contributed by atoms with E-state index in [1.54, 1.807) is 0 Å². The minimum atomic E-state index is -0.0560. The van der Waals surface area contributed by atoms with E-state index in [1.165, 1.54) is 0 Å². The van der Waals surface area contributed by atoms with Gasteiger partial charge in [0.15, 0.2) is 0 Å². The highest BCUT2D eigenvalue weighted by molar-refractivity contribution is 5.78. The molecule has 20 heavy (non-hydrogen) atoms. The van der Waals surface area contributed by atoms with Crippen molar-refractivity contribution in [1.29, 1.82) is 0 Å². The molecule has 120 valence electrons. The monoisotopic (exact) mass is 285 g/mol. The van der Waals surface area contributed by atoms with Crippen LogP contribution in [-0.4, -0.2) is 44.0 Å². The number of likely N-dealkylation sites (N-methyl/N-ethyl adjacent to an activating group) is 1. The second-order valence-corrected chi connectivity index (χ2v) is 6.41. The normalized spacial score (nSPS) is 14.9. The van der Waals surface area contributed by atoms with Gasteiger partial charge < -0.3 is 16.0 Å². The third-order valence-corrected chi connectivity index (χ3v) is 4.15. The van der Waals surface area contributed by atoms with Gasteiger partial charge in [-0.05, 0) is 32.4 Å². The van der Waals surface area contributed by atoms with Gasteiger partial charge in [-0.25, -0.2) is 0 Å². The Bertz CT molecular complexity index is 262. The summed E-state index contributed by atoms with van der Waals surface area (Å²) in [4.78, 5) is 14.4. The molecule has 0 aliphatic carbocycles. The molecule has 0 saturated carbocycles. The molecular weight excluding hydrogens is 250 g/mol. The Kier molecular flexibility index (Phi) is 9.86. The van der Waals surface area contributed by atoms with E-state index in [1.807, 2.05) is 0 Å². The molecule has 1 amide bonds. The second kappa shape index (κ2) is 10.2. The summed E-state index contributed by atoms with van der Waals surface area (Å²) in [5, 5.41) is 3.11. The maximum Gasteiger partial charge on any atom is 0.224 e. The predicted octanol–water partition coefficient (Wildman–Crippen LogP) is 2.09. The van der Waals surface area contributed by atoms with Crippen LogP contribution in [0.25, 0.3) is 0 Å². The first-order valence-corrected chi connectivity index (χ1v) is 8.01. The third kappa shape index (κ3) is 6.71. The quantitative estimate of drug-likeness (QED) is 0.646. The van der Waals surface area contributed by atoms with Crippen molar-refractivity contribution >= 4 is 5.91 Å². The van der Waals surface area contributed by atoms with E-state index in [0.29, 0.717) is 31.0 Å². The van der Waals surface area contributed by atoms with Gasteiger partial charge in [-0.3, -0.25) is 4.79 Å². The lowest BCUT2D eigenvalue weighted by Gasteiger charge is -2.32. The second-order valence-electron chi connectivity index (χ2n) is 6.41. The Balaban J connectivity index is 4.49. The number of hydrogen-bond acceptors (Lipinski definition) is 3. The average Bonchev–Trinajstić information content (AvgIpc) is 2.39. The molecule has 0 aromatic heterocycles. The number of nitrogens with two attached hydrogens (primary N) is 1. The molecular formula is C16H35N3O. The fraction of sp³-hybridized carbons (Fsp3) is 0.938. The van der Waals surface area contributed by atoms with Crippen LogP contribution in [0.1, 0.15) is 47.0 Å². The number of amides is 1. The molecule has 4 heteroatoms. The summed E-state index contributed by atoms with van der Waals surface area (Å²) in [6.07, 6.45) is 3.14. The number of nitrogens with zero attached hydrogens (tertiary/aromatic N) is 1. The highest BCUT2D eigenvalue weighted by atomic mass is 16.1. The number of nitrogens with one attached hydrogen (secondary N) is 1. The molecule has 2 atom stereocenters. The van der Waals surface area contributed by atoms with Crippen molar-refractivity contribution in [2.75, 3.05) is 27.2 Å². The van der Waals surface area contributed by atoms with Gasteiger partial charge in [-0.2, -0.15) is 0 Å². The molecule has 0 aliphatic rings. The lowest BCUT2D eigenvalue weighted by Crippen LogP contribution is -2.47. The minimum absolute atomic E-state index is 0.0560. The number of rotatable bonds is 10. The molecule has 0 bridgehead atoms. The topological polar surface area (TPSA) is 58.4 Å². The largest absolute Gasteiger partial charge is 0.354 e. The van der Waals surface area contributed by atoms with Crippen LogP contribution in [-0.2, 0) is 4.79 Å². The molecule has 0 radical (unpaired) electrons. The highest BCUT2D eigenvalue weighted by Gasteiger charge is 2.23. The van der Waals surface area contributed by atoms with Crippen molar-refractivity contribution in [3.63, 3.8) is 0 Å². The summed E-state index contributed by atoms with van der Waals surface area (Å²) in [5.41, 5.74) is 5.73. The van der Waals surface area contributed by atoms with Crippen molar-refractivity contribution in [1.82, 2.24) is 10.2 Å². The van der Waals surface area contributed by atoms with Gasteiger partial charge in [0.05, 0.1) is 5.92 Å². The maximum absolute atomic E-state index is 12.2. The first-order chi connectivity index (χ1) is 9.37. The molecule has 3 N–H and O–H groups in total. The van der Waals surface area contributed by atoms with Gasteiger partial charge >= 0.3 is 0 Å². The lowest BCUT2D eigenvalue weighted by atomic mass is 9.92. The summed E-state index contributed by atoms with van der Waals surface area (Å²) in [7, 11) is 4.17. The molecule has 4 nitrogen and oxygen atoms in total. The molecule has 2 unspecified atom stereocenters. The van der Waals surface area contributed by atoms with E-state index in [9.17, 15) is 4.79 Å². The van der Waals surface area contributed by atoms with Crippen molar-refractivity contribution in [3.8, 4) is 0 Å². The molecule has 0 saturated heterocycles. The summed E-state index contributed by atoms with van der Waals surface area (Å²) < 4.78 is 0. The third-order valence-electron chi connectivity index (χ3n) is 4.15. The Hall–Kier alpha value is -0.610. The van der Waals surface area contributed by atoms with E-state index in [4.69, 9.17) is 5.73 Å². The van der Waals surface area contributed by atoms with E-state index < -0.39 is 0 Å². The molecule has 0 rings (SSSR count). The van der Waals surface area contributed by atoms with Crippen molar-refractivity contribution in [2.24, 2.45) is 23.5 Å². The summed E-state index contributed by atoms with van der Waals surface area (Å²) in [5.74, 6) is 1.17. The average molecular weight is 285 g/mol. The Morgan fingerprint density at radius 1 is 1.20 bits per heavy atom. The van der Waals surface area contributed by atoms with Crippen LogP contribution in [0.5, 0.6) is 0 Å². The fourth-order valence-electron chi connectivity index (χ4n) is 2.83. The van der Waals surface area contributed by atoms with Crippen LogP contribution >= 0.6 is 0 Å². The van der Waals surface area contributed by atoms with Crippen molar-refractivity contribution in [3.05, 3.63) is 0 Å². The summed E-state index contributed by atoms with van der Waals surface area (Å²) in [6, 6.07) is 0.395. The smallest absolute Gasteiger partial charge is 0.224 e. The minimum Gasteiger partial charge on any atom is -0.354 e. The van der Waals surface area contributed by atoms with Crippen LogP contribution in [0, 0.1) is 17.8 Å². The maximum atomic E-state index is 12.2. The van der Waals surface area contributed by atoms with Gasteiger partial charge in [0.1, 0.15) is 0 Å². The summed E-state index contributed by atoms with van der Waals surface area (Å²) >= 11 is 0. The zero-order valence-electron chi connectivity index (χ0n) is 14.3. The lowest BCUT2D eigenvalue weighted by molar-refractivity contribution is -0.125. The van der Waals surface area contributed by atoms with Crippen LogP contribution in [0.3, 0.4) is 0 Å². The van der Waals surface area contributed by atoms with Crippen LogP contribution in [0.2, 0.25) is 0 Å². The molecule has 0 aromatic carbocycles. The first-order valence-electron chi connectivity index (χ1n) is 8.01. The predicted molar refractivity (Wildman–Crippen MR) is 86.6 cm³/mol. The molecule has 0 aromatic rings. The van der Waals surface area contributed by atoms with Gasteiger partial charge in [0.25, 0.3) is 0 Å². The highest BCUT2D eigenvalue weighted by Crippen LogP contribution is 2.17. The molecule has 0 aliphatic heterocycles. The van der Waals surface area contributed by atoms with Crippen LogP contribution in [0.4, 0.5) is 0 Å². The summed E-state index contributed by atoms with van der Waals surface area (Å²) in [6.45, 7) is 9.84. The molecule has 0 fully saturated rings. The van der Waals surface area contributed by atoms with Crippen molar-refractivity contribution < 1.29 is 4.79 Å². The number of hydrogen-bond donors (Lipinski definition) is 2. The van der Waals surface area contributed by atoms with E-state index in [0.717, 1.165) is 19.3 Å². The Morgan fingerprint density at radius 3 is 2.10 bits per heavy atom. The van der Waals surface area contributed by atoms with E-state index >= 15 is 0 Å². The van der Waals surface area contributed by atoms with E-state index in [-0.39, 0.29) is 11.8 Å². The van der Waals surface area contributed by atoms with Gasteiger partial charge in [-0.1, -0.05) is 40.5 Å². The van der Waals surface area contributed by atoms with E-state index in [2.05, 4.69) is 52.0 Å².